The van der Waals surface area contributed by atoms with Gasteiger partial charge < -0.3 is 24.8 Å². The second-order valence-electron chi connectivity index (χ2n) is 5.95. The van der Waals surface area contributed by atoms with Crippen molar-refractivity contribution in [2.45, 2.75) is 31.2 Å². The van der Waals surface area contributed by atoms with Gasteiger partial charge in [-0.2, -0.15) is 0 Å². The number of hydrogen-bond acceptors (Lipinski definition) is 7. The van der Waals surface area contributed by atoms with Crippen molar-refractivity contribution in [1.29, 1.82) is 0 Å². The summed E-state index contributed by atoms with van der Waals surface area (Å²) in [6.07, 6.45) is -0.0629. The largest absolute Gasteiger partial charge is 0.507 e. The van der Waals surface area contributed by atoms with Crippen LogP contribution in [0.25, 0.3) is 6.08 Å². The zero-order valence-corrected chi connectivity index (χ0v) is 13.0. The van der Waals surface area contributed by atoms with E-state index in [9.17, 15) is 24.9 Å². The van der Waals surface area contributed by atoms with Crippen molar-refractivity contribution in [3.63, 3.8) is 0 Å². The van der Waals surface area contributed by atoms with Gasteiger partial charge >= 0.3 is 5.97 Å². The number of benzene rings is 1. The summed E-state index contributed by atoms with van der Waals surface area (Å²) in [6.45, 7) is 0. The number of rotatable bonds is 1. The molecule has 1 saturated carbocycles. The lowest BCUT2D eigenvalue weighted by Crippen LogP contribution is -2.35. The summed E-state index contributed by atoms with van der Waals surface area (Å²) >= 11 is 0. The molecule has 24 heavy (non-hydrogen) atoms. The predicted octanol–water partition coefficient (Wildman–Crippen LogP) is 0.654. The fourth-order valence-electron chi connectivity index (χ4n) is 2.76. The molecule has 1 aromatic rings. The van der Waals surface area contributed by atoms with E-state index in [-0.39, 0.29) is 17.7 Å². The summed E-state index contributed by atoms with van der Waals surface area (Å²) in [5.74, 6) is -1.83. The Morgan fingerprint density at radius 3 is 2.71 bits per heavy atom. The van der Waals surface area contributed by atoms with E-state index in [0.29, 0.717) is 17.7 Å². The summed E-state index contributed by atoms with van der Waals surface area (Å²) in [5, 5.41) is 29.9. The Bertz CT molecular complexity index is 709. The Hall–Kier alpha value is -2.38. The number of carbonyl (C=O) groups is 2. The first-order valence-electron chi connectivity index (χ1n) is 7.60. The van der Waals surface area contributed by atoms with Crippen molar-refractivity contribution in [3.8, 4) is 11.5 Å². The van der Waals surface area contributed by atoms with E-state index < -0.39 is 36.0 Å². The first-order chi connectivity index (χ1) is 11.4. The normalized spacial score (nSPS) is 31.0. The number of ether oxygens (including phenoxy) is 2. The Balaban J connectivity index is 2.01. The highest BCUT2D eigenvalue weighted by molar-refractivity contribution is 5.98. The summed E-state index contributed by atoms with van der Waals surface area (Å²) in [7, 11) is 1.43. The predicted molar refractivity (Wildman–Crippen MR) is 82.6 cm³/mol. The van der Waals surface area contributed by atoms with E-state index in [1.807, 2.05) is 0 Å². The number of phenolic OH excluding ortho intramolecular Hbond substituents is 1. The number of carbonyl (C=O) groups excluding carboxylic acids is 2. The van der Waals surface area contributed by atoms with Gasteiger partial charge in [0, 0.05) is 6.07 Å². The van der Waals surface area contributed by atoms with Crippen LogP contribution in [-0.2, 0) is 9.53 Å². The quantitative estimate of drug-likeness (QED) is 0.646. The Kier molecular flexibility index (Phi) is 4.29. The van der Waals surface area contributed by atoms with Crippen molar-refractivity contribution in [2.24, 2.45) is 5.92 Å². The lowest BCUT2D eigenvalue weighted by atomic mass is 10.0. The highest BCUT2D eigenvalue weighted by Crippen LogP contribution is 2.38. The number of aliphatic hydroxyl groups is 2. The van der Waals surface area contributed by atoms with Crippen molar-refractivity contribution >= 4 is 17.8 Å². The molecule has 3 N–H and O–H groups in total. The van der Waals surface area contributed by atoms with Gasteiger partial charge in [-0.25, -0.2) is 4.79 Å². The number of Topliss-reactive ketones (excluding diaryl/α,β-unsaturated/α-hetero) is 1. The van der Waals surface area contributed by atoms with Gasteiger partial charge in [0.05, 0.1) is 19.1 Å². The molecule has 7 nitrogen and oxygen atoms in total. The number of methoxy groups -OCH3 is 1. The summed E-state index contributed by atoms with van der Waals surface area (Å²) in [5.41, 5.74) is 0.336. The number of aliphatic hydroxyl groups excluding tert-OH is 2. The van der Waals surface area contributed by atoms with Crippen LogP contribution in [-0.4, -0.2) is 52.5 Å². The van der Waals surface area contributed by atoms with Gasteiger partial charge in [-0.1, -0.05) is 12.2 Å². The summed E-state index contributed by atoms with van der Waals surface area (Å²) in [4.78, 5) is 24.4. The molecule has 1 fully saturated rings. The summed E-state index contributed by atoms with van der Waals surface area (Å²) < 4.78 is 10.3. The molecule has 1 aromatic carbocycles. The number of ketones is 1. The first kappa shape index (κ1) is 16.5. The lowest BCUT2D eigenvalue weighted by molar-refractivity contribution is -0.134. The third-order valence-electron chi connectivity index (χ3n) is 4.25. The highest BCUT2D eigenvalue weighted by atomic mass is 16.6. The maximum absolute atomic E-state index is 12.4. The molecule has 0 spiro atoms. The molecule has 1 aliphatic heterocycles. The third-order valence-corrected chi connectivity index (χ3v) is 4.25. The molecular formula is C17H18O7. The fraction of sp³-hybridized carbons (Fsp3) is 0.412. The van der Waals surface area contributed by atoms with Crippen LogP contribution < -0.4 is 4.74 Å². The minimum absolute atomic E-state index is 0.0246. The van der Waals surface area contributed by atoms with Crippen molar-refractivity contribution in [3.05, 3.63) is 29.3 Å². The Morgan fingerprint density at radius 2 is 2.00 bits per heavy atom. The minimum Gasteiger partial charge on any atom is -0.507 e. The van der Waals surface area contributed by atoms with Gasteiger partial charge in [0.1, 0.15) is 29.3 Å². The number of phenols is 1. The topological polar surface area (TPSA) is 113 Å². The van der Waals surface area contributed by atoms with Gasteiger partial charge in [-0.15, -0.1) is 0 Å². The van der Waals surface area contributed by atoms with Gasteiger partial charge in [0.2, 0.25) is 0 Å². The van der Waals surface area contributed by atoms with E-state index in [4.69, 9.17) is 9.47 Å². The van der Waals surface area contributed by atoms with E-state index in [2.05, 4.69) is 0 Å². The van der Waals surface area contributed by atoms with Crippen molar-refractivity contribution in [2.75, 3.05) is 7.11 Å². The zero-order valence-electron chi connectivity index (χ0n) is 13.0. The number of hydrogen-bond donors (Lipinski definition) is 3. The van der Waals surface area contributed by atoms with Gasteiger partial charge in [-0.05, 0) is 24.5 Å². The van der Waals surface area contributed by atoms with Crippen LogP contribution in [0, 0.1) is 5.92 Å². The first-order valence-corrected chi connectivity index (χ1v) is 7.60. The molecule has 0 saturated heterocycles. The van der Waals surface area contributed by atoms with Gasteiger partial charge in [0.25, 0.3) is 0 Å². The molecule has 4 atom stereocenters. The molecule has 0 bridgehead atoms. The highest BCUT2D eigenvalue weighted by Gasteiger charge is 2.49. The van der Waals surface area contributed by atoms with Crippen molar-refractivity contribution < 1.29 is 34.4 Å². The van der Waals surface area contributed by atoms with Crippen LogP contribution in [0.5, 0.6) is 11.5 Å². The molecule has 7 heteroatoms. The molecule has 0 aromatic heterocycles. The summed E-state index contributed by atoms with van der Waals surface area (Å²) in [6, 6.07) is 2.85. The Labute approximate surface area is 138 Å². The third kappa shape index (κ3) is 3.00. The second-order valence-corrected chi connectivity index (χ2v) is 5.95. The number of aromatic hydroxyl groups is 1. The minimum atomic E-state index is -1.51. The molecule has 3 rings (SSSR count). The van der Waals surface area contributed by atoms with Crippen LogP contribution in [0.4, 0.5) is 0 Å². The van der Waals surface area contributed by atoms with Crippen LogP contribution in [0.2, 0.25) is 0 Å². The van der Waals surface area contributed by atoms with Gasteiger partial charge in [-0.3, -0.25) is 4.79 Å². The average Bonchev–Trinajstić information content (AvgIpc) is 3.30. The maximum Gasteiger partial charge on any atom is 0.342 e. The van der Waals surface area contributed by atoms with Crippen LogP contribution in [0.3, 0.4) is 0 Å². The lowest BCUT2D eigenvalue weighted by Gasteiger charge is -2.16. The van der Waals surface area contributed by atoms with E-state index in [0.717, 1.165) is 0 Å². The van der Waals surface area contributed by atoms with Crippen LogP contribution in [0.15, 0.2) is 18.2 Å². The molecule has 1 aliphatic carbocycles. The van der Waals surface area contributed by atoms with Crippen molar-refractivity contribution in [1.82, 2.24) is 0 Å². The molecule has 1 heterocycles. The molecule has 128 valence electrons. The monoisotopic (exact) mass is 334 g/mol. The van der Waals surface area contributed by atoms with Crippen LogP contribution >= 0.6 is 0 Å². The van der Waals surface area contributed by atoms with Gasteiger partial charge in [0.15, 0.2) is 5.78 Å². The maximum atomic E-state index is 12.4. The van der Waals surface area contributed by atoms with Crippen LogP contribution in [0.1, 0.15) is 28.8 Å². The fourth-order valence-corrected chi connectivity index (χ4v) is 2.76. The number of esters is 1. The van der Waals surface area contributed by atoms with E-state index >= 15 is 0 Å². The second kappa shape index (κ2) is 6.26. The smallest absolute Gasteiger partial charge is 0.342 e. The molecule has 2 unspecified atom stereocenters. The molecular weight excluding hydrogens is 316 g/mol. The Morgan fingerprint density at radius 1 is 1.25 bits per heavy atom. The van der Waals surface area contributed by atoms with E-state index in [1.54, 1.807) is 6.07 Å². The standard InChI is InChI=1S/C17H18O7/c1-23-9-5-8-3-2-4-11(18)16(21)15(20)10-7-13(10)24-17(22)14(8)12(19)6-9/h2-3,5-6,10-11,13,16,18-19,21H,4,7H2,1H3/b3-2+/t10?,11-,13?,16-/m0/s1. The number of fused-ring (bicyclic) bond motifs is 2. The average molecular weight is 334 g/mol. The zero-order chi connectivity index (χ0) is 17.4. The van der Waals surface area contributed by atoms with E-state index in [1.165, 1.54) is 25.3 Å². The molecule has 0 radical (unpaired) electrons. The molecule has 2 aliphatic rings. The SMILES string of the molecule is COc1cc(O)c2c(c1)/C=C/C[C@H](O)[C@H](O)C(=O)C1CC1OC2=O. The molecule has 0 amide bonds.